The number of phenols is 3. The summed E-state index contributed by atoms with van der Waals surface area (Å²) in [4.78, 5) is 0. The molecule has 0 saturated carbocycles. The van der Waals surface area contributed by atoms with Gasteiger partial charge in [0.2, 0.25) is 6.29 Å². The van der Waals surface area contributed by atoms with Crippen LogP contribution in [0.2, 0.25) is 0 Å². The molecule has 11 nitrogen and oxygen atoms in total. The van der Waals surface area contributed by atoms with Crippen molar-refractivity contribution in [3.8, 4) is 28.7 Å². The number of benzene rings is 2. The number of fused-ring (bicyclic) bond motifs is 1. The molecule has 7 atom stereocenters. The molecule has 8 N–H and O–H groups in total. The Kier molecular flexibility index (Phi) is 6.03. The molecule has 174 valence electrons. The standard InChI is InChI=1S/C21H24O11/c22-7-16-17(27)18(28)19(29)21(32-16)30-9-4-12(24)10-6-14(26)20(31-15(10)5-9)8-1-2-11(23)13(25)3-8/h1-5,14,16-29H,6-7H2/t14-,16?,17-,18+,19?,20-,21-/m1/s1. The minimum absolute atomic E-state index is 0.00530. The molecule has 0 amide bonds. The first kappa shape index (κ1) is 22.4. The number of hydrogen-bond acceptors (Lipinski definition) is 11. The summed E-state index contributed by atoms with van der Waals surface area (Å²) in [5.41, 5.74) is 0.691. The number of aromatic hydroxyl groups is 3. The Balaban J connectivity index is 1.59. The maximum absolute atomic E-state index is 10.5. The van der Waals surface area contributed by atoms with Crippen LogP contribution in [0.1, 0.15) is 17.2 Å². The average molecular weight is 452 g/mol. The summed E-state index contributed by atoms with van der Waals surface area (Å²) in [6, 6.07) is 6.58. The number of hydrogen-bond donors (Lipinski definition) is 8. The SMILES string of the molecule is OCC1O[C@@H](Oc2cc(O)c3c(c2)O[C@H](c2ccc(O)c(O)c2)[C@H](O)C3)C(O)[C@@H](O)[C@@H]1O. The fourth-order valence-corrected chi connectivity index (χ4v) is 3.82. The third kappa shape index (κ3) is 4.01. The molecule has 2 aromatic carbocycles. The first-order chi connectivity index (χ1) is 15.2. The number of aliphatic hydroxyl groups is 5. The van der Waals surface area contributed by atoms with Gasteiger partial charge in [-0.25, -0.2) is 0 Å². The Morgan fingerprint density at radius 1 is 0.875 bits per heavy atom. The van der Waals surface area contributed by atoms with Gasteiger partial charge in [-0.3, -0.25) is 0 Å². The highest BCUT2D eigenvalue weighted by atomic mass is 16.7. The second kappa shape index (κ2) is 8.62. The van der Waals surface area contributed by atoms with E-state index < -0.39 is 49.5 Å². The number of rotatable bonds is 4. The Hall–Kier alpha value is -2.80. The highest BCUT2D eigenvalue weighted by Crippen LogP contribution is 2.43. The summed E-state index contributed by atoms with van der Waals surface area (Å²) in [6.07, 6.45) is -9.39. The lowest BCUT2D eigenvalue weighted by Gasteiger charge is -2.39. The van der Waals surface area contributed by atoms with Crippen LogP contribution in [0, 0.1) is 0 Å². The molecule has 0 bridgehead atoms. The number of ether oxygens (including phenoxy) is 3. The van der Waals surface area contributed by atoms with Crippen LogP contribution in [0.3, 0.4) is 0 Å². The molecular weight excluding hydrogens is 428 g/mol. The normalized spacial score (nSPS) is 32.1. The van der Waals surface area contributed by atoms with Gasteiger partial charge in [0.05, 0.1) is 12.7 Å². The van der Waals surface area contributed by atoms with E-state index in [0.717, 1.165) is 0 Å². The number of phenolic OH excluding ortho intramolecular Hbond substituents is 3. The van der Waals surface area contributed by atoms with Gasteiger partial charge in [0.15, 0.2) is 11.5 Å². The zero-order valence-electron chi connectivity index (χ0n) is 16.6. The summed E-state index contributed by atoms with van der Waals surface area (Å²) < 4.78 is 16.7. The molecule has 2 heterocycles. The van der Waals surface area contributed by atoms with Crippen LogP contribution in [0.5, 0.6) is 28.7 Å². The van der Waals surface area contributed by atoms with Crippen molar-refractivity contribution >= 4 is 0 Å². The molecule has 11 heteroatoms. The maximum Gasteiger partial charge on any atom is 0.229 e. The van der Waals surface area contributed by atoms with Crippen LogP contribution < -0.4 is 9.47 Å². The lowest BCUT2D eigenvalue weighted by Crippen LogP contribution is -2.60. The minimum Gasteiger partial charge on any atom is -0.507 e. The second-order valence-corrected chi connectivity index (χ2v) is 7.79. The van der Waals surface area contributed by atoms with E-state index in [2.05, 4.69) is 0 Å². The van der Waals surface area contributed by atoms with Crippen molar-refractivity contribution in [3.05, 3.63) is 41.5 Å². The third-order valence-electron chi connectivity index (χ3n) is 5.60. The molecule has 0 aliphatic carbocycles. The van der Waals surface area contributed by atoms with Crippen LogP contribution in [0.15, 0.2) is 30.3 Å². The molecule has 0 aromatic heterocycles. The second-order valence-electron chi connectivity index (χ2n) is 7.79. The fourth-order valence-electron chi connectivity index (χ4n) is 3.82. The van der Waals surface area contributed by atoms with Gasteiger partial charge < -0.3 is 55.1 Å². The van der Waals surface area contributed by atoms with Crippen LogP contribution >= 0.6 is 0 Å². The van der Waals surface area contributed by atoms with Crippen molar-refractivity contribution < 1.29 is 55.1 Å². The first-order valence-electron chi connectivity index (χ1n) is 9.89. The molecule has 4 rings (SSSR count). The Bertz CT molecular complexity index is 978. The fraction of sp³-hybridized carbons (Fsp3) is 0.429. The Labute approximate surface area is 181 Å². The zero-order chi connectivity index (χ0) is 23.2. The largest absolute Gasteiger partial charge is 0.507 e. The highest BCUT2D eigenvalue weighted by molar-refractivity contribution is 5.52. The monoisotopic (exact) mass is 452 g/mol. The first-order valence-corrected chi connectivity index (χ1v) is 9.89. The van der Waals surface area contributed by atoms with Crippen LogP contribution in [-0.2, 0) is 11.2 Å². The lowest BCUT2D eigenvalue weighted by molar-refractivity contribution is -0.277. The topological polar surface area (TPSA) is 190 Å². The van der Waals surface area contributed by atoms with E-state index in [1.807, 2.05) is 0 Å². The van der Waals surface area contributed by atoms with Gasteiger partial charge >= 0.3 is 0 Å². The molecule has 2 aromatic rings. The van der Waals surface area contributed by atoms with Gasteiger partial charge in [-0.15, -0.1) is 0 Å². The van der Waals surface area contributed by atoms with Gasteiger partial charge in [0, 0.05) is 24.1 Å². The van der Waals surface area contributed by atoms with Gasteiger partial charge in [-0.1, -0.05) is 6.07 Å². The smallest absolute Gasteiger partial charge is 0.229 e. The van der Waals surface area contributed by atoms with Crippen molar-refractivity contribution in [2.45, 2.75) is 49.3 Å². The van der Waals surface area contributed by atoms with Crippen LogP contribution in [-0.4, -0.2) is 84.3 Å². The summed E-state index contributed by atoms with van der Waals surface area (Å²) in [5.74, 6) is -0.811. The van der Waals surface area contributed by atoms with Crippen molar-refractivity contribution in [3.63, 3.8) is 0 Å². The summed E-state index contributed by atoms with van der Waals surface area (Å²) in [5, 5.41) is 79.4. The Morgan fingerprint density at radius 3 is 2.31 bits per heavy atom. The molecule has 32 heavy (non-hydrogen) atoms. The van der Waals surface area contributed by atoms with Gasteiger partial charge in [0.25, 0.3) is 0 Å². The molecule has 1 saturated heterocycles. The number of aliphatic hydroxyl groups excluding tert-OH is 5. The molecule has 0 spiro atoms. The van der Waals surface area contributed by atoms with E-state index in [1.165, 1.54) is 30.3 Å². The molecule has 2 aliphatic heterocycles. The molecule has 1 fully saturated rings. The molecule has 0 radical (unpaired) electrons. The Morgan fingerprint density at radius 2 is 1.62 bits per heavy atom. The quantitative estimate of drug-likeness (QED) is 0.266. The van der Waals surface area contributed by atoms with Gasteiger partial charge in [-0.2, -0.15) is 0 Å². The maximum atomic E-state index is 10.5. The summed E-state index contributed by atoms with van der Waals surface area (Å²) >= 11 is 0. The zero-order valence-corrected chi connectivity index (χ0v) is 16.6. The average Bonchev–Trinajstić information content (AvgIpc) is 2.76. The lowest BCUT2D eigenvalue weighted by atomic mass is 9.94. The molecular formula is C21H24O11. The van der Waals surface area contributed by atoms with Gasteiger partial charge in [-0.05, 0) is 17.7 Å². The van der Waals surface area contributed by atoms with E-state index in [1.54, 1.807) is 0 Å². The van der Waals surface area contributed by atoms with Crippen molar-refractivity contribution in [2.24, 2.45) is 0 Å². The van der Waals surface area contributed by atoms with Gasteiger partial charge in [0.1, 0.15) is 47.8 Å². The summed E-state index contributed by atoms with van der Waals surface area (Å²) in [6.45, 7) is -0.623. The van der Waals surface area contributed by atoms with E-state index in [9.17, 15) is 40.9 Å². The van der Waals surface area contributed by atoms with E-state index in [-0.39, 0.29) is 35.2 Å². The predicted molar refractivity (Wildman–Crippen MR) is 105 cm³/mol. The van der Waals surface area contributed by atoms with E-state index >= 15 is 0 Å². The minimum atomic E-state index is -1.64. The van der Waals surface area contributed by atoms with Crippen molar-refractivity contribution in [2.75, 3.05) is 6.61 Å². The van der Waals surface area contributed by atoms with E-state index in [0.29, 0.717) is 11.1 Å². The van der Waals surface area contributed by atoms with E-state index in [4.69, 9.17) is 14.2 Å². The predicted octanol–water partition coefficient (Wildman–Crippen LogP) is -0.981. The molecule has 2 aliphatic rings. The van der Waals surface area contributed by atoms with Crippen LogP contribution in [0.25, 0.3) is 0 Å². The summed E-state index contributed by atoms with van der Waals surface area (Å²) in [7, 11) is 0. The van der Waals surface area contributed by atoms with Crippen molar-refractivity contribution in [1.82, 2.24) is 0 Å². The van der Waals surface area contributed by atoms with Crippen molar-refractivity contribution in [1.29, 1.82) is 0 Å². The molecule has 2 unspecified atom stereocenters. The van der Waals surface area contributed by atoms with Crippen LogP contribution in [0.4, 0.5) is 0 Å². The highest BCUT2D eigenvalue weighted by Gasteiger charge is 2.45. The third-order valence-corrected chi connectivity index (χ3v) is 5.60.